The van der Waals surface area contributed by atoms with Crippen LogP contribution in [0.2, 0.25) is 5.02 Å². The highest BCUT2D eigenvalue weighted by atomic mass is 35.5. The van der Waals surface area contributed by atoms with Gasteiger partial charge in [0.05, 0.1) is 5.52 Å². The summed E-state index contributed by atoms with van der Waals surface area (Å²) in [6, 6.07) is 6.29. The van der Waals surface area contributed by atoms with Crippen molar-refractivity contribution in [2.24, 2.45) is 0 Å². The van der Waals surface area contributed by atoms with Gasteiger partial charge in [-0.3, -0.25) is 15.1 Å². The molecule has 1 aromatic carbocycles. The average molecular weight is 279 g/mol. The van der Waals surface area contributed by atoms with Gasteiger partial charge < -0.3 is 5.11 Å². The van der Waals surface area contributed by atoms with Crippen molar-refractivity contribution in [3.05, 3.63) is 41.0 Å². The molecule has 100 valence electrons. The summed E-state index contributed by atoms with van der Waals surface area (Å²) in [5.41, 5.74) is 1.25. The zero-order chi connectivity index (χ0) is 14.0. The minimum atomic E-state index is -0.928. The zero-order valence-corrected chi connectivity index (χ0v) is 11.5. The molecule has 1 atom stereocenters. The van der Waals surface area contributed by atoms with Crippen molar-refractivity contribution in [2.45, 2.75) is 25.9 Å². The van der Waals surface area contributed by atoms with Crippen LogP contribution in [0.4, 0.5) is 0 Å². The first-order valence-electron chi connectivity index (χ1n) is 6.02. The Morgan fingerprint density at radius 3 is 2.74 bits per heavy atom. The minimum Gasteiger partial charge on any atom is -0.480 e. The van der Waals surface area contributed by atoms with Crippen molar-refractivity contribution in [3.8, 4) is 0 Å². The molecule has 2 N–H and O–H groups in total. The summed E-state index contributed by atoms with van der Waals surface area (Å²) in [6.07, 6.45) is 1.64. The average Bonchev–Trinajstić information content (AvgIpc) is 2.37. The molecule has 0 radical (unpaired) electrons. The van der Waals surface area contributed by atoms with Crippen LogP contribution in [0.1, 0.15) is 25.5 Å². The number of hydrogen-bond acceptors (Lipinski definition) is 3. The SMILES string of the molecule is CC(C)NC(C(=O)O)c1ccc(Cl)c2cccnc12. The maximum absolute atomic E-state index is 11.4. The number of fused-ring (bicyclic) bond motifs is 1. The summed E-state index contributed by atoms with van der Waals surface area (Å²) in [5, 5.41) is 13.7. The van der Waals surface area contributed by atoms with E-state index in [-0.39, 0.29) is 6.04 Å². The number of aromatic nitrogens is 1. The summed E-state index contributed by atoms with van der Waals surface area (Å²) in [6.45, 7) is 3.81. The number of nitrogens with zero attached hydrogens (tertiary/aromatic N) is 1. The Morgan fingerprint density at radius 2 is 2.11 bits per heavy atom. The Balaban J connectivity index is 2.60. The molecule has 2 rings (SSSR count). The number of carboxylic acid groups (broad SMARTS) is 1. The number of carboxylic acids is 1. The summed E-state index contributed by atoms with van der Waals surface area (Å²) in [7, 11) is 0. The minimum absolute atomic E-state index is 0.0514. The number of halogens is 1. The Morgan fingerprint density at radius 1 is 1.37 bits per heavy atom. The van der Waals surface area contributed by atoms with Gasteiger partial charge in [-0.15, -0.1) is 0 Å². The van der Waals surface area contributed by atoms with Gasteiger partial charge in [-0.05, 0) is 32.0 Å². The molecule has 0 saturated carbocycles. The standard InChI is InChI=1S/C14H15ClN2O2/c1-8(2)17-13(14(18)19)10-5-6-11(15)9-4-3-7-16-12(9)10/h3-8,13,17H,1-2H3,(H,18,19). The van der Waals surface area contributed by atoms with Crippen LogP contribution in [0.5, 0.6) is 0 Å². The van der Waals surface area contributed by atoms with E-state index in [9.17, 15) is 9.90 Å². The van der Waals surface area contributed by atoms with Crippen molar-refractivity contribution >= 4 is 28.5 Å². The highest BCUT2D eigenvalue weighted by Crippen LogP contribution is 2.28. The van der Waals surface area contributed by atoms with Crippen LogP contribution in [0.15, 0.2) is 30.5 Å². The first-order valence-corrected chi connectivity index (χ1v) is 6.40. The zero-order valence-electron chi connectivity index (χ0n) is 10.7. The monoisotopic (exact) mass is 278 g/mol. The number of hydrogen-bond donors (Lipinski definition) is 2. The van der Waals surface area contributed by atoms with Crippen LogP contribution in [0, 0.1) is 0 Å². The number of rotatable bonds is 4. The molecule has 4 nitrogen and oxygen atoms in total. The molecule has 1 heterocycles. The van der Waals surface area contributed by atoms with Crippen LogP contribution < -0.4 is 5.32 Å². The second-order valence-electron chi connectivity index (χ2n) is 4.63. The van der Waals surface area contributed by atoms with E-state index in [0.717, 1.165) is 5.39 Å². The molecule has 0 aliphatic rings. The maximum Gasteiger partial charge on any atom is 0.325 e. The first-order chi connectivity index (χ1) is 9.00. The fraction of sp³-hybridized carbons (Fsp3) is 0.286. The van der Waals surface area contributed by atoms with Crippen LogP contribution >= 0.6 is 11.6 Å². The van der Waals surface area contributed by atoms with E-state index in [1.807, 2.05) is 19.9 Å². The van der Waals surface area contributed by atoms with Gasteiger partial charge in [-0.1, -0.05) is 17.7 Å². The summed E-state index contributed by atoms with van der Waals surface area (Å²) in [4.78, 5) is 15.7. The third-order valence-corrected chi connectivity index (χ3v) is 3.14. The van der Waals surface area contributed by atoms with Crippen molar-refractivity contribution in [3.63, 3.8) is 0 Å². The Labute approximate surface area is 116 Å². The lowest BCUT2D eigenvalue weighted by atomic mass is 10.0. The molecule has 1 unspecified atom stereocenters. The molecule has 0 bridgehead atoms. The molecular weight excluding hydrogens is 264 g/mol. The van der Waals surface area contributed by atoms with Gasteiger partial charge in [-0.2, -0.15) is 0 Å². The molecule has 0 fully saturated rings. The van der Waals surface area contributed by atoms with Crippen LogP contribution in [0.25, 0.3) is 10.9 Å². The van der Waals surface area contributed by atoms with Gasteiger partial charge in [0.2, 0.25) is 0 Å². The van der Waals surface area contributed by atoms with Crippen molar-refractivity contribution in [2.75, 3.05) is 0 Å². The second-order valence-corrected chi connectivity index (χ2v) is 5.04. The van der Waals surface area contributed by atoms with Gasteiger partial charge in [-0.25, -0.2) is 0 Å². The van der Waals surface area contributed by atoms with Crippen molar-refractivity contribution < 1.29 is 9.90 Å². The summed E-state index contributed by atoms with van der Waals surface area (Å²) < 4.78 is 0. The number of nitrogens with one attached hydrogen (secondary N) is 1. The topological polar surface area (TPSA) is 62.2 Å². The molecule has 0 aliphatic carbocycles. The van der Waals surface area contributed by atoms with Gasteiger partial charge in [0, 0.05) is 28.2 Å². The Hall–Kier alpha value is -1.65. The number of aliphatic carboxylic acids is 1. The largest absolute Gasteiger partial charge is 0.480 e. The van der Waals surface area contributed by atoms with Crippen molar-refractivity contribution in [1.82, 2.24) is 10.3 Å². The lowest BCUT2D eigenvalue weighted by Crippen LogP contribution is -2.33. The predicted molar refractivity (Wildman–Crippen MR) is 75.4 cm³/mol. The molecular formula is C14H15ClN2O2. The molecule has 0 spiro atoms. The van der Waals surface area contributed by atoms with Crippen LogP contribution in [-0.4, -0.2) is 22.1 Å². The normalized spacial score (nSPS) is 12.8. The quantitative estimate of drug-likeness (QED) is 0.902. The van der Waals surface area contributed by atoms with E-state index in [0.29, 0.717) is 16.1 Å². The van der Waals surface area contributed by atoms with E-state index in [1.165, 1.54) is 0 Å². The highest BCUT2D eigenvalue weighted by molar-refractivity contribution is 6.35. The van der Waals surface area contributed by atoms with Gasteiger partial charge in [0.25, 0.3) is 0 Å². The number of benzene rings is 1. The van der Waals surface area contributed by atoms with Crippen LogP contribution in [-0.2, 0) is 4.79 Å². The summed E-state index contributed by atoms with van der Waals surface area (Å²) in [5.74, 6) is -0.928. The molecule has 0 aliphatic heterocycles. The molecule has 2 aromatic rings. The maximum atomic E-state index is 11.4. The third-order valence-electron chi connectivity index (χ3n) is 2.81. The van der Waals surface area contributed by atoms with E-state index in [2.05, 4.69) is 10.3 Å². The lowest BCUT2D eigenvalue weighted by Gasteiger charge is -2.19. The van der Waals surface area contributed by atoms with Gasteiger partial charge >= 0.3 is 5.97 Å². The fourth-order valence-corrected chi connectivity index (χ4v) is 2.24. The summed E-state index contributed by atoms with van der Waals surface area (Å²) >= 11 is 6.11. The molecule has 1 aromatic heterocycles. The van der Waals surface area contributed by atoms with Gasteiger partial charge in [0.1, 0.15) is 6.04 Å². The number of pyridine rings is 1. The highest BCUT2D eigenvalue weighted by Gasteiger charge is 2.23. The predicted octanol–water partition coefficient (Wildman–Crippen LogP) is 3.01. The Kier molecular flexibility index (Phi) is 4.02. The molecule has 0 amide bonds. The molecule has 19 heavy (non-hydrogen) atoms. The van der Waals surface area contributed by atoms with Crippen LogP contribution in [0.3, 0.4) is 0 Å². The van der Waals surface area contributed by atoms with Gasteiger partial charge in [0.15, 0.2) is 0 Å². The Bertz CT molecular complexity index is 613. The van der Waals surface area contributed by atoms with E-state index >= 15 is 0 Å². The van der Waals surface area contributed by atoms with E-state index in [1.54, 1.807) is 24.4 Å². The first kappa shape index (κ1) is 13.8. The number of carbonyl (C=O) groups is 1. The van der Waals surface area contributed by atoms with E-state index in [4.69, 9.17) is 11.6 Å². The molecule has 5 heteroatoms. The van der Waals surface area contributed by atoms with Crippen molar-refractivity contribution in [1.29, 1.82) is 0 Å². The van der Waals surface area contributed by atoms with E-state index < -0.39 is 12.0 Å². The smallest absolute Gasteiger partial charge is 0.325 e. The second kappa shape index (κ2) is 5.55. The third kappa shape index (κ3) is 2.85. The molecule has 0 saturated heterocycles. The fourth-order valence-electron chi connectivity index (χ4n) is 2.02. The lowest BCUT2D eigenvalue weighted by molar-refractivity contribution is -0.139.